The van der Waals surface area contributed by atoms with Gasteiger partial charge in [-0.15, -0.1) is 0 Å². The first-order valence-electron chi connectivity index (χ1n) is 8.11. The molecule has 0 bridgehead atoms. The van der Waals surface area contributed by atoms with Crippen molar-refractivity contribution < 1.29 is 4.74 Å². The smallest absolute Gasteiger partial charge is 0.111 e. The standard InChI is InChI=1S/C17H23N3O/c18-10-6-16-19-14-4-1-2-5-15(14)20(16)13-7-11-21-17(12-13)8-3-9-17/h1-2,4-5,13H,3,6-12,18H2. The fraction of sp³-hybridized carbons (Fsp3) is 0.588. The molecule has 4 heteroatoms. The highest BCUT2D eigenvalue weighted by molar-refractivity contribution is 5.76. The third-order valence-corrected chi connectivity index (χ3v) is 5.13. The van der Waals surface area contributed by atoms with Gasteiger partial charge < -0.3 is 15.0 Å². The molecule has 21 heavy (non-hydrogen) atoms. The number of nitrogens with zero attached hydrogens (tertiary/aromatic N) is 2. The van der Waals surface area contributed by atoms with Crippen LogP contribution in [0.4, 0.5) is 0 Å². The lowest BCUT2D eigenvalue weighted by Crippen LogP contribution is -2.46. The van der Waals surface area contributed by atoms with Crippen molar-refractivity contribution >= 4 is 11.0 Å². The number of aromatic nitrogens is 2. The van der Waals surface area contributed by atoms with Crippen molar-refractivity contribution in [2.45, 2.75) is 50.2 Å². The van der Waals surface area contributed by atoms with E-state index < -0.39 is 0 Å². The van der Waals surface area contributed by atoms with Crippen LogP contribution in [0.2, 0.25) is 0 Å². The van der Waals surface area contributed by atoms with Crippen molar-refractivity contribution in [1.29, 1.82) is 0 Å². The van der Waals surface area contributed by atoms with Gasteiger partial charge in [-0.1, -0.05) is 12.1 Å². The zero-order valence-electron chi connectivity index (χ0n) is 12.4. The predicted molar refractivity (Wildman–Crippen MR) is 83.3 cm³/mol. The van der Waals surface area contributed by atoms with Crippen LogP contribution in [0.5, 0.6) is 0 Å². The summed E-state index contributed by atoms with van der Waals surface area (Å²) in [7, 11) is 0. The maximum atomic E-state index is 6.08. The third kappa shape index (κ3) is 2.17. The Bertz CT molecular complexity index is 645. The lowest BCUT2D eigenvalue weighted by molar-refractivity contribution is -0.140. The first-order valence-corrected chi connectivity index (χ1v) is 8.11. The fourth-order valence-corrected chi connectivity index (χ4v) is 3.95. The first-order chi connectivity index (χ1) is 10.3. The Morgan fingerprint density at radius 3 is 2.95 bits per heavy atom. The van der Waals surface area contributed by atoms with Gasteiger partial charge in [0.25, 0.3) is 0 Å². The SMILES string of the molecule is NCCc1nc2ccccc2n1C1CCOC2(CCC2)C1. The molecule has 1 saturated heterocycles. The maximum absolute atomic E-state index is 6.08. The van der Waals surface area contributed by atoms with Gasteiger partial charge in [-0.05, 0) is 50.8 Å². The molecule has 2 aromatic rings. The lowest BCUT2D eigenvalue weighted by Gasteiger charge is -2.47. The summed E-state index contributed by atoms with van der Waals surface area (Å²) in [6.07, 6.45) is 6.82. The largest absolute Gasteiger partial charge is 0.375 e. The summed E-state index contributed by atoms with van der Waals surface area (Å²) in [5.41, 5.74) is 8.30. The van der Waals surface area contributed by atoms with Crippen LogP contribution in [-0.4, -0.2) is 28.3 Å². The minimum atomic E-state index is 0.161. The number of ether oxygens (including phenoxy) is 1. The van der Waals surface area contributed by atoms with Crippen LogP contribution in [0, 0.1) is 0 Å². The van der Waals surface area contributed by atoms with E-state index in [-0.39, 0.29) is 5.60 Å². The van der Waals surface area contributed by atoms with Crippen molar-refractivity contribution in [2.24, 2.45) is 5.73 Å². The zero-order valence-corrected chi connectivity index (χ0v) is 12.4. The molecule has 1 aliphatic heterocycles. The molecule has 1 spiro atoms. The van der Waals surface area contributed by atoms with Crippen LogP contribution in [0.15, 0.2) is 24.3 Å². The van der Waals surface area contributed by atoms with Crippen molar-refractivity contribution in [3.63, 3.8) is 0 Å². The van der Waals surface area contributed by atoms with E-state index in [2.05, 4.69) is 28.8 Å². The van der Waals surface area contributed by atoms with Crippen LogP contribution in [0.3, 0.4) is 0 Å². The van der Waals surface area contributed by atoms with Crippen molar-refractivity contribution in [1.82, 2.24) is 9.55 Å². The van der Waals surface area contributed by atoms with E-state index >= 15 is 0 Å². The van der Waals surface area contributed by atoms with Gasteiger partial charge in [0.1, 0.15) is 5.82 Å². The van der Waals surface area contributed by atoms with Crippen molar-refractivity contribution in [3.05, 3.63) is 30.1 Å². The Balaban J connectivity index is 1.75. The summed E-state index contributed by atoms with van der Waals surface area (Å²) in [6, 6.07) is 8.96. The van der Waals surface area contributed by atoms with E-state index in [1.165, 1.54) is 24.8 Å². The van der Waals surface area contributed by atoms with Crippen LogP contribution >= 0.6 is 0 Å². The highest BCUT2D eigenvalue weighted by Crippen LogP contribution is 2.46. The second kappa shape index (κ2) is 5.11. The number of benzene rings is 1. The molecular formula is C17H23N3O. The Labute approximate surface area is 125 Å². The lowest BCUT2D eigenvalue weighted by atomic mass is 9.74. The minimum absolute atomic E-state index is 0.161. The topological polar surface area (TPSA) is 53.1 Å². The molecule has 0 radical (unpaired) electrons. The summed E-state index contributed by atoms with van der Waals surface area (Å²) >= 11 is 0. The Morgan fingerprint density at radius 1 is 1.33 bits per heavy atom. The number of nitrogens with two attached hydrogens (primary N) is 1. The van der Waals surface area contributed by atoms with Gasteiger partial charge in [-0.25, -0.2) is 4.98 Å². The van der Waals surface area contributed by atoms with Gasteiger partial charge in [0.2, 0.25) is 0 Å². The molecule has 1 unspecified atom stereocenters. The molecular weight excluding hydrogens is 262 g/mol. The summed E-state index contributed by atoms with van der Waals surface area (Å²) in [6.45, 7) is 1.52. The number of para-hydroxylation sites is 2. The van der Waals surface area contributed by atoms with E-state index in [0.29, 0.717) is 12.6 Å². The molecule has 1 aromatic carbocycles. The average Bonchev–Trinajstić information content (AvgIpc) is 2.84. The van der Waals surface area contributed by atoms with E-state index in [1.54, 1.807) is 0 Å². The van der Waals surface area contributed by atoms with Gasteiger partial charge in [0.05, 0.1) is 16.6 Å². The second-order valence-electron chi connectivity index (χ2n) is 6.46. The molecule has 2 aliphatic rings. The highest BCUT2D eigenvalue weighted by atomic mass is 16.5. The van der Waals surface area contributed by atoms with E-state index in [1.807, 2.05) is 0 Å². The molecule has 2 fully saturated rings. The van der Waals surface area contributed by atoms with Crippen LogP contribution in [0.25, 0.3) is 11.0 Å². The molecule has 112 valence electrons. The number of hydrogen-bond acceptors (Lipinski definition) is 3. The summed E-state index contributed by atoms with van der Waals surface area (Å²) in [5.74, 6) is 1.14. The molecule has 4 rings (SSSR count). The molecule has 1 atom stereocenters. The zero-order chi connectivity index (χ0) is 14.3. The molecule has 1 aromatic heterocycles. The van der Waals surface area contributed by atoms with Gasteiger partial charge in [-0.3, -0.25) is 0 Å². The average molecular weight is 285 g/mol. The molecule has 1 aliphatic carbocycles. The number of fused-ring (bicyclic) bond motifs is 1. The van der Waals surface area contributed by atoms with Crippen molar-refractivity contribution in [2.75, 3.05) is 13.2 Å². The first kappa shape index (κ1) is 13.3. The van der Waals surface area contributed by atoms with E-state index in [0.717, 1.165) is 37.2 Å². The summed E-state index contributed by atoms with van der Waals surface area (Å²) in [5, 5.41) is 0. The molecule has 0 amide bonds. The van der Waals surface area contributed by atoms with E-state index in [9.17, 15) is 0 Å². The van der Waals surface area contributed by atoms with Gasteiger partial charge in [0.15, 0.2) is 0 Å². The number of imidazole rings is 1. The van der Waals surface area contributed by atoms with Gasteiger partial charge >= 0.3 is 0 Å². The van der Waals surface area contributed by atoms with Crippen molar-refractivity contribution in [3.8, 4) is 0 Å². The highest BCUT2D eigenvalue weighted by Gasteiger charge is 2.43. The molecule has 2 N–H and O–H groups in total. The number of rotatable bonds is 3. The Kier molecular flexibility index (Phi) is 3.23. The maximum Gasteiger partial charge on any atom is 0.111 e. The predicted octanol–water partition coefficient (Wildman–Crippen LogP) is 2.81. The molecule has 2 heterocycles. The monoisotopic (exact) mass is 285 g/mol. The normalized spacial score (nSPS) is 24.3. The molecule has 1 saturated carbocycles. The Morgan fingerprint density at radius 2 is 2.19 bits per heavy atom. The third-order valence-electron chi connectivity index (χ3n) is 5.13. The summed E-state index contributed by atoms with van der Waals surface area (Å²) in [4.78, 5) is 4.81. The molecule has 4 nitrogen and oxygen atoms in total. The fourth-order valence-electron chi connectivity index (χ4n) is 3.95. The van der Waals surface area contributed by atoms with Crippen LogP contribution in [-0.2, 0) is 11.2 Å². The summed E-state index contributed by atoms with van der Waals surface area (Å²) < 4.78 is 8.53. The van der Waals surface area contributed by atoms with Crippen LogP contribution in [0.1, 0.15) is 44.0 Å². The minimum Gasteiger partial charge on any atom is -0.375 e. The van der Waals surface area contributed by atoms with Gasteiger partial charge in [0, 0.05) is 19.1 Å². The van der Waals surface area contributed by atoms with Gasteiger partial charge in [-0.2, -0.15) is 0 Å². The van der Waals surface area contributed by atoms with Crippen LogP contribution < -0.4 is 5.73 Å². The quantitative estimate of drug-likeness (QED) is 0.943. The number of hydrogen-bond donors (Lipinski definition) is 1. The Hall–Kier alpha value is -1.39. The van der Waals surface area contributed by atoms with E-state index in [4.69, 9.17) is 15.5 Å². The second-order valence-corrected chi connectivity index (χ2v) is 6.46.